The van der Waals surface area contributed by atoms with Crippen molar-refractivity contribution in [3.63, 3.8) is 0 Å². The van der Waals surface area contributed by atoms with Gasteiger partial charge in [0, 0.05) is 25.8 Å². The third-order valence-electron chi connectivity index (χ3n) is 3.59. The van der Waals surface area contributed by atoms with Crippen LogP contribution in [0.15, 0.2) is 23.2 Å². The summed E-state index contributed by atoms with van der Waals surface area (Å²) in [7, 11) is 1.68. The van der Waals surface area contributed by atoms with Crippen molar-refractivity contribution in [3.05, 3.63) is 29.3 Å². The first-order chi connectivity index (χ1) is 11.7. The molecule has 0 aliphatic rings. The molecule has 5 nitrogen and oxygen atoms in total. The highest BCUT2D eigenvalue weighted by atomic mass is 16.5. The van der Waals surface area contributed by atoms with Crippen LogP contribution in [-0.4, -0.2) is 39.4 Å². The Balaban J connectivity index is 2.69. The minimum Gasteiger partial charge on any atom is -0.491 e. The average molecular weight is 335 g/mol. The van der Waals surface area contributed by atoms with E-state index >= 15 is 0 Å². The van der Waals surface area contributed by atoms with Crippen LogP contribution in [0.3, 0.4) is 0 Å². The molecule has 0 radical (unpaired) electrons. The molecule has 1 rings (SSSR count). The number of hydrogen-bond donors (Lipinski definition) is 2. The van der Waals surface area contributed by atoms with Gasteiger partial charge in [0.2, 0.25) is 0 Å². The number of rotatable bonds is 11. The van der Waals surface area contributed by atoms with Crippen LogP contribution in [0.1, 0.15) is 44.2 Å². The number of guanidine groups is 1. The zero-order valence-electron chi connectivity index (χ0n) is 15.7. The first-order valence-electron chi connectivity index (χ1n) is 8.94. The molecule has 0 fully saturated rings. The Kier molecular flexibility index (Phi) is 10.7. The van der Waals surface area contributed by atoms with Crippen LogP contribution < -0.4 is 15.4 Å². The molecule has 0 unspecified atom stereocenters. The van der Waals surface area contributed by atoms with Crippen molar-refractivity contribution in [1.82, 2.24) is 10.6 Å². The fraction of sp³-hybridized carbons (Fsp3) is 0.632. The van der Waals surface area contributed by atoms with Gasteiger partial charge in [-0.25, -0.2) is 4.99 Å². The minimum atomic E-state index is 0.548. The lowest BCUT2D eigenvalue weighted by atomic mass is 10.1. The van der Waals surface area contributed by atoms with E-state index in [0.717, 1.165) is 36.8 Å². The number of aliphatic imine (C=N–C) groups is 1. The maximum Gasteiger partial charge on any atom is 0.191 e. The Morgan fingerprint density at radius 1 is 1.12 bits per heavy atom. The van der Waals surface area contributed by atoms with Gasteiger partial charge in [0.15, 0.2) is 5.96 Å². The van der Waals surface area contributed by atoms with Crippen molar-refractivity contribution >= 4 is 5.96 Å². The van der Waals surface area contributed by atoms with Crippen LogP contribution in [0, 0.1) is 6.92 Å². The molecule has 24 heavy (non-hydrogen) atoms. The highest BCUT2D eigenvalue weighted by Crippen LogP contribution is 2.21. The second-order valence-corrected chi connectivity index (χ2v) is 5.78. The second-order valence-electron chi connectivity index (χ2n) is 5.78. The Bertz CT molecular complexity index is 490. The lowest BCUT2D eigenvalue weighted by Gasteiger charge is -2.13. The number of nitrogens with one attached hydrogen (secondary N) is 2. The van der Waals surface area contributed by atoms with Gasteiger partial charge in [-0.1, -0.05) is 31.9 Å². The molecule has 0 aliphatic heterocycles. The second kappa shape index (κ2) is 12.6. The zero-order valence-corrected chi connectivity index (χ0v) is 15.7. The van der Waals surface area contributed by atoms with E-state index in [1.807, 2.05) is 0 Å². The molecule has 0 aliphatic carbocycles. The number of nitrogens with zero attached hydrogens (tertiary/aromatic N) is 1. The Morgan fingerprint density at radius 2 is 1.96 bits per heavy atom. The molecule has 2 N–H and O–H groups in total. The van der Waals surface area contributed by atoms with Gasteiger partial charge in [0.1, 0.15) is 12.4 Å². The molecule has 0 spiro atoms. The van der Waals surface area contributed by atoms with Gasteiger partial charge < -0.3 is 20.1 Å². The molecule has 1 aromatic carbocycles. The van der Waals surface area contributed by atoms with E-state index in [-0.39, 0.29) is 0 Å². The monoisotopic (exact) mass is 335 g/mol. The van der Waals surface area contributed by atoms with Crippen molar-refractivity contribution < 1.29 is 9.47 Å². The van der Waals surface area contributed by atoms with E-state index in [9.17, 15) is 0 Å². The summed E-state index contributed by atoms with van der Waals surface area (Å²) in [6.07, 6.45) is 3.62. The number of hydrogen-bond acceptors (Lipinski definition) is 3. The van der Waals surface area contributed by atoms with Gasteiger partial charge in [0.25, 0.3) is 0 Å². The van der Waals surface area contributed by atoms with Crippen molar-refractivity contribution in [2.75, 3.05) is 33.4 Å². The fourth-order valence-corrected chi connectivity index (χ4v) is 2.25. The highest BCUT2D eigenvalue weighted by molar-refractivity contribution is 5.79. The normalized spacial score (nSPS) is 11.4. The molecule has 0 saturated heterocycles. The summed E-state index contributed by atoms with van der Waals surface area (Å²) in [4.78, 5) is 4.68. The van der Waals surface area contributed by atoms with Gasteiger partial charge in [-0.3, -0.25) is 0 Å². The highest BCUT2D eigenvalue weighted by Gasteiger charge is 2.05. The van der Waals surface area contributed by atoms with Crippen LogP contribution in [-0.2, 0) is 11.3 Å². The molecule has 0 atom stereocenters. The fourth-order valence-electron chi connectivity index (χ4n) is 2.25. The number of aryl methyl sites for hydroxylation is 1. The van der Waals surface area contributed by atoms with Crippen LogP contribution in [0.2, 0.25) is 0 Å². The van der Waals surface area contributed by atoms with E-state index in [4.69, 9.17) is 9.47 Å². The van der Waals surface area contributed by atoms with Gasteiger partial charge in [-0.2, -0.15) is 0 Å². The van der Waals surface area contributed by atoms with Crippen molar-refractivity contribution in [3.8, 4) is 5.75 Å². The molecule has 0 bridgehead atoms. The van der Waals surface area contributed by atoms with E-state index in [1.54, 1.807) is 7.11 Å². The summed E-state index contributed by atoms with van der Waals surface area (Å²) in [6.45, 7) is 9.87. The predicted octanol–water partition coefficient (Wildman–Crippen LogP) is 3.27. The Hall–Kier alpha value is -1.75. The summed E-state index contributed by atoms with van der Waals surface area (Å²) in [5, 5.41) is 6.68. The van der Waals surface area contributed by atoms with E-state index < -0.39 is 0 Å². The van der Waals surface area contributed by atoms with Gasteiger partial charge in [-0.05, 0) is 31.9 Å². The molecule has 136 valence electrons. The van der Waals surface area contributed by atoms with Crippen molar-refractivity contribution in [1.29, 1.82) is 0 Å². The third kappa shape index (κ3) is 8.20. The summed E-state index contributed by atoms with van der Waals surface area (Å²) >= 11 is 0. The SMILES string of the molecule is CCCCCNC(=NCc1ccc(C)cc1OCCOC)NCC. The standard InChI is InChI=1S/C19H33N3O2/c1-5-7-8-11-21-19(20-6-2)22-15-17-10-9-16(3)14-18(17)24-13-12-23-4/h9-10,14H,5-8,11-13,15H2,1-4H3,(H2,20,21,22). The smallest absolute Gasteiger partial charge is 0.191 e. The molecular formula is C19H33N3O2. The predicted molar refractivity (Wildman–Crippen MR) is 101 cm³/mol. The van der Waals surface area contributed by atoms with Crippen LogP contribution in [0.4, 0.5) is 0 Å². The van der Waals surface area contributed by atoms with Crippen LogP contribution in [0.5, 0.6) is 5.75 Å². The molecular weight excluding hydrogens is 302 g/mol. The van der Waals surface area contributed by atoms with Crippen molar-refractivity contribution in [2.45, 2.75) is 46.6 Å². The number of methoxy groups -OCH3 is 1. The molecule has 0 heterocycles. The minimum absolute atomic E-state index is 0.548. The topological polar surface area (TPSA) is 54.9 Å². The van der Waals surface area contributed by atoms with Crippen molar-refractivity contribution in [2.24, 2.45) is 4.99 Å². The average Bonchev–Trinajstić information content (AvgIpc) is 2.58. The molecule has 5 heteroatoms. The van der Waals surface area contributed by atoms with E-state index in [1.165, 1.54) is 18.4 Å². The maximum absolute atomic E-state index is 5.83. The van der Waals surface area contributed by atoms with Gasteiger partial charge >= 0.3 is 0 Å². The molecule has 0 saturated carbocycles. The quantitative estimate of drug-likeness (QED) is 0.370. The molecule has 1 aromatic rings. The van der Waals surface area contributed by atoms with Gasteiger partial charge in [0.05, 0.1) is 13.2 Å². The molecule has 0 amide bonds. The molecule has 0 aromatic heterocycles. The van der Waals surface area contributed by atoms with Gasteiger partial charge in [-0.15, -0.1) is 0 Å². The summed E-state index contributed by atoms with van der Waals surface area (Å²) in [5.74, 6) is 1.75. The number of benzene rings is 1. The van der Waals surface area contributed by atoms with E-state index in [2.05, 4.69) is 54.6 Å². The lowest BCUT2D eigenvalue weighted by molar-refractivity contribution is 0.145. The largest absolute Gasteiger partial charge is 0.491 e. The first-order valence-corrected chi connectivity index (χ1v) is 8.94. The summed E-state index contributed by atoms with van der Waals surface area (Å²) < 4.78 is 10.9. The van der Waals surface area contributed by atoms with Crippen LogP contribution >= 0.6 is 0 Å². The third-order valence-corrected chi connectivity index (χ3v) is 3.59. The maximum atomic E-state index is 5.83. The Morgan fingerprint density at radius 3 is 2.67 bits per heavy atom. The number of unbranched alkanes of at least 4 members (excludes halogenated alkanes) is 2. The van der Waals surface area contributed by atoms with Crippen LogP contribution in [0.25, 0.3) is 0 Å². The number of ether oxygens (including phenoxy) is 2. The first kappa shape index (κ1) is 20.3. The summed E-state index contributed by atoms with van der Waals surface area (Å²) in [6, 6.07) is 6.24. The summed E-state index contributed by atoms with van der Waals surface area (Å²) in [5.41, 5.74) is 2.27. The zero-order chi connectivity index (χ0) is 17.6. The Labute approximate surface area is 146 Å². The lowest BCUT2D eigenvalue weighted by Crippen LogP contribution is -2.37. The van der Waals surface area contributed by atoms with E-state index in [0.29, 0.717) is 19.8 Å².